The molecule has 152 valence electrons. The number of hydrogen-bond acceptors (Lipinski definition) is 4. The van der Waals surface area contributed by atoms with Gasteiger partial charge in [-0.2, -0.15) is 0 Å². The topological polar surface area (TPSA) is 68.5 Å². The number of carbonyl (C=O) groups excluding carboxylic acids is 2. The number of phenols is 1. The molecule has 0 radical (unpaired) electrons. The monoisotopic (exact) mass is 413 g/mol. The first-order chi connectivity index (χ1) is 13.8. The van der Waals surface area contributed by atoms with Crippen LogP contribution in [0.2, 0.25) is 5.02 Å². The molecule has 5 nitrogen and oxygen atoms in total. The number of fused-ring (bicyclic) bond motifs is 1. The second kappa shape index (κ2) is 8.70. The average molecular weight is 414 g/mol. The van der Waals surface area contributed by atoms with Crippen LogP contribution in [0.3, 0.4) is 0 Å². The van der Waals surface area contributed by atoms with Crippen molar-refractivity contribution in [2.75, 3.05) is 6.61 Å². The van der Waals surface area contributed by atoms with E-state index >= 15 is 0 Å². The Labute approximate surface area is 174 Å². The maximum atomic E-state index is 13.2. The van der Waals surface area contributed by atoms with E-state index in [0.717, 1.165) is 12.8 Å². The Morgan fingerprint density at radius 2 is 1.86 bits per heavy atom. The van der Waals surface area contributed by atoms with Crippen molar-refractivity contribution in [3.63, 3.8) is 0 Å². The van der Waals surface area contributed by atoms with Crippen LogP contribution in [0, 0.1) is 6.92 Å². The fourth-order valence-electron chi connectivity index (χ4n) is 3.52. The van der Waals surface area contributed by atoms with Gasteiger partial charge in [0, 0.05) is 21.7 Å². The number of carbonyl (C=O) groups is 2. The van der Waals surface area contributed by atoms with Crippen molar-refractivity contribution in [3.8, 4) is 5.75 Å². The van der Waals surface area contributed by atoms with E-state index in [1.807, 2.05) is 6.92 Å². The molecule has 0 fully saturated rings. The van der Waals surface area contributed by atoms with E-state index < -0.39 is 5.92 Å². The molecule has 0 saturated carbocycles. The molecule has 0 amide bonds. The number of phenolic OH excluding ortho intramolecular Hbond substituents is 1. The predicted octanol–water partition coefficient (Wildman–Crippen LogP) is 5.44. The summed E-state index contributed by atoms with van der Waals surface area (Å²) in [5.74, 6) is -1.08. The summed E-state index contributed by atoms with van der Waals surface area (Å²) in [6.07, 6.45) is 1.73. The lowest BCUT2D eigenvalue weighted by Gasteiger charge is -2.13. The molecular weight excluding hydrogens is 390 g/mol. The summed E-state index contributed by atoms with van der Waals surface area (Å²) in [6.45, 7) is 5.96. The molecule has 29 heavy (non-hydrogen) atoms. The Balaban J connectivity index is 2.10. The van der Waals surface area contributed by atoms with Crippen molar-refractivity contribution >= 4 is 34.4 Å². The number of hydrogen-bond donors (Lipinski definition) is 1. The summed E-state index contributed by atoms with van der Waals surface area (Å²) >= 11 is 5.94. The standard InChI is InChI=1S/C23H24ClNO4/c1-4-5-12-29-23(28)14(2)21-15(3)25(20-11-10-18(26)13-19(20)21)22(27)16-6-8-17(24)9-7-16/h6-11,13-14,26H,4-5,12H2,1-3H3. The van der Waals surface area contributed by atoms with E-state index in [4.69, 9.17) is 16.3 Å². The number of benzene rings is 2. The van der Waals surface area contributed by atoms with Crippen molar-refractivity contribution < 1.29 is 19.4 Å². The molecular formula is C23H24ClNO4. The molecule has 0 spiro atoms. The Kier molecular flexibility index (Phi) is 6.28. The summed E-state index contributed by atoms with van der Waals surface area (Å²) in [5, 5.41) is 11.2. The third-order valence-corrected chi connectivity index (χ3v) is 5.31. The fraction of sp³-hybridized carbons (Fsp3) is 0.304. The number of esters is 1. The molecule has 0 aliphatic carbocycles. The molecule has 0 aliphatic rings. The highest BCUT2D eigenvalue weighted by atomic mass is 35.5. The smallest absolute Gasteiger partial charge is 0.313 e. The quantitative estimate of drug-likeness (QED) is 0.431. The molecule has 6 heteroatoms. The number of unbranched alkanes of at least 4 members (excludes halogenated alkanes) is 1. The van der Waals surface area contributed by atoms with E-state index in [1.54, 1.807) is 54.8 Å². The zero-order valence-corrected chi connectivity index (χ0v) is 17.5. The SMILES string of the molecule is CCCCOC(=O)C(C)c1c(C)n(C(=O)c2ccc(Cl)cc2)c2ccc(O)cc12. The van der Waals surface area contributed by atoms with Gasteiger partial charge in [-0.15, -0.1) is 0 Å². The Morgan fingerprint density at radius 3 is 2.52 bits per heavy atom. The predicted molar refractivity (Wildman–Crippen MR) is 114 cm³/mol. The third kappa shape index (κ3) is 4.15. The van der Waals surface area contributed by atoms with Crippen LogP contribution in [0.25, 0.3) is 10.9 Å². The molecule has 1 atom stereocenters. The highest BCUT2D eigenvalue weighted by Crippen LogP contribution is 2.35. The highest BCUT2D eigenvalue weighted by molar-refractivity contribution is 6.30. The maximum absolute atomic E-state index is 13.2. The van der Waals surface area contributed by atoms with Gasteiger partial charge in [-0.05, 0) is 68.3 Å². The number of aromatic hydroxyl groups is 1. The molecule has 0 aliphatic heterocycles. The second-order valence-corrected chi connectivity index (χ2v) is 7.53. The zero-order chi connectivity index (χ0) is 21.1. The van der Waals surface area contributed by atoms with Gasteiger partial charge in [0.25, 0.3) is 5.91 Å². The summed E-state index contributed by atoms with van der Waals surface area (Å²) in [5.41, 5.74) is 2.43. The number of ether oxygens (including phenoxy) is 1. The van der Waals surface area contributed by atoms with Crippen molar-refractivity contribution in [2.45, 2.75) is 39.5 Å². The highest BCUT2D eigenvalue weighted by Gasteiger charge is 2.27. The molecule has 3 rings (SSSR count). The second-order valence-electron chi connectivity index (χ2n) is 7.09. The van der Waals surface area contributed by atoms with Crippen LogP contribution >= 0.6 is 11.6 Å². The average Bonchev–Trinajstić information content (AvgIpc) is 2.98. The van der Waals surface area contributed by atoms with Gasteiger partial charge in [-0.1, -0.05) is 24.9 Å². The molecule has 1 aromatic heterocycles. The van der Waals surface area contributed by atoms with Crippen LogP contribution in [0.4, 0.5) is 0 Å². The van der Waals surface area contributed by atoms with E-state index in [0.29, 0.717) is 39.4 Å². The van der Waals surface area contributed by atoms with Crippen LogP contribution in [-0.4, -0.2) is 28.2 Å². The van der Waals surface area contributed by atoms with Crippen molar-refractivity contribution in [3.05, 3.63) is 64.3 Å². The molecule has 0 saturated heterocycles. The summed E-state index contributed by atoms with van der Waals surface area (Å²) in [4.78, 5) is 25.8. The number of rotatable bonds is 6. The van der Waals surface area contributed by atoms with Gasteiger partial charge in [-0.3, -0.25) is 14.2 Å². The number of halogens is 1. The minimum atomic E-state index is -0.574. The first kappa shape index (κ1) is 20.9. The first-order valence-corrected chi connectivity index (χ1v) is 10.0. The Bertz CT molecular complexity index is 1050. The van der Waals surface area contributed by atoms with Crippen LogP contribution < -0.4 is 0 Å². The molecule has 1 unspecified atom stereocenters. The van der Waals surface area contributed by atoms with Crippen LogP contribution in [0.1, 0.15) is 54.2 Å². The van der Waals surface area contributed by atoms with Gasteiger partial charge in [0.15, 0.2) is 0 Å². The minimum absolute atomic E-state index is 0.0707. The minimum Gasteiger partial charge on any atom is -0.508 e. The number of nitrogens with zero attached hydrogens (tertiary/aromatic N) is 1. The normalized spacial score (nSPS) is 12.1. The summed E-state index contributed by atoms with van der Waals surface area (Å²) in [7, 11) is 0. The molecule has 0 bridgehead atoms. The molecule has 1 heterocycles. The van der Waals surface area contributed by atoms with Gasteiger partial charge in [0.2, 0.25) is 0 Å². The molecule has 1 N–H and O–H groups in total. The van der Waals surface area contributed by atoms with Crippen molar-refractivity contribution in [1.82, 2.24) is 4.57 Å². The lowest BCUT2D eigenvalue weighted by Crippen LogP contribution is -2.17. The van der Waals surface area contributed by atoms with Gasteiger partial charge in [0.05, 0.1) is 18.0 Å². The van der Waals surface area contributed by atoms with Crippen molar-refractivity contribution in [2.24, 2.45) is 0 Å². The molecule has 3 aromatic rings. The number of aromatic nitrogens is 1. The largest absolute Gasteiger partial charge is 0.508 e. The van der Waals surface area contributed by atoms with Gasteiger partial charge < -0.3 is 9.84 Å². The van der Waals surface area contributed by atoms with Gasteiger partial charge in [-0.25, -0.2) is 0 Å². The Hall–Kier alpha value is -2.79. The lowest BCUT2D eigenvalue weighted by molar-refractivity contribution is -0.145. The van der Waals surface area contributed by atoms with E-state index in [9.17, 15) is 14.7 Å². The summed E-state index contributed by atoms with van der Waals surface area (Å²) in [6, 6.07) is 11.5. The van der Waals surface area contributed by atoms with Crippen LogP contribution in [-0.2, 0) is 9.53 Å². The lowest BCUT2D eigenvalue weighted by atomic mass is 9.98. The van der Waals surface area contributed by atoms with Crippen LogP contribution in [0.15, 0.2) is 42.5 Å². The van der Waals surface area contributed by atoms with Gasteiger partial charge in [0.1, 0.15) is 5.75 Å². The van der Waals surface area contributed by atoms with Crippen LogP contribution in [0.5, 0.6) is 5.75 Å². The molecule has 2 aromatic carbocycles. The van der Waals surface area contributed by atoms with Crippen molar-refractivity contribution in [1.29, 1.82) is 0 Å². The zero-order valence-electron chi connectivity index (χ0n) is 16.7. The fourth-order valence-corrected chi connectivity index (χ4v) is 3.65. The first-order valence-electron chi connectivity index (χ1n) is 9.66. The summed E-state index contributed by atoms with van der Waals surface area (Å²) < 4.78 is 6.96. The van der Waals surface area contributed by atoms with E-state index in [1.165, 1.54) is 6.07 Å². The third-order valence-electron chi connectivity index (χ3n) is 5.06. The maximum Gasteiger partial charge on any atom is 0.313 e. The Morgan fingerprint density at radius 1 is 1.17 bits per heavy atom. The van der Waals surface area contributed by atoms with Gasteiger partial charge >= 0.3 is 5.97 Å². The van der Waals surface area contributed by atoms with E-state index in [2.05, 4.69) is 0 Å². The van der Waals surface area contributed by atoms with E-state index in [-0.39, 0.29) is 17.6 Å².